The molecule has 11 heteroatoms. The Labute approximate surface area is 296 Å². The number of esters is 1. The van der Waals surface area contributed by atoms with Gasteiger partial charge in [0.1, 0.15) is 18.2 Å². The number of nitrogens with one attached hydrogen (secondary N) is 1. The molecule has 2 bridgehead atoms. The highest BCUT2D eigenvalue weighted by Crippen LogP contribution is 2.60. The standard InChI is InChI=1S/C38H46BrN3O7/c1-5-7-18-30(44)48-23-29(26-16-12-9-13-17-26)40-35(45)31-32-36(46)42(27(22-43)20-25-14-10-8-11-15-25)34(37(47)41(19-6-2)24(3)4)38(32)21-28(39)33(31)49-38/h5-6,8-17,24,27-29,31-34,43H,1-2,7,18-23H2,3-4H3,(H,40,45)/t27-,28?,29-,31-,32+,33-,34-,38+/m1/s1. The fourth-order valence-corrected chi connectivity index (χ4v) is 8.61. The number of likely N-dealkylation sites (tertiary alicyclic amines) is 1. The molecule has 262 valence electrons. The molecule has 0 radical (unpaired) electrons. The van der Waals surface area contributed by atoms with Crippen LogP contribution in [0.15, 0.2) is 86.0 Å². The predicted molar refractivity (Wildman–Crippen MR) is 188 cm³/mol. The Bertz CT molecular complexity index is 1520. The zero-order chi connectivity index (χ0) is 35.3. The number of benzene rings is 2. The number of carbonyl (C=O) groups excluding carboxylic acids is 4. The summed E-state index contributed by atoms with van der Waals surface area (Å²) in [6, 6.07) is 16.0. The van der Waals surface area contributed by atoms with E-state index in [2.05, 4.69) is 34.4 Å². The lowest BCUT2D eigenvalue weighted by Crippen LogP contribution is -2.60. The molecular formula is C38H46BrN3O7. The summed E-state index contributed by atoms with van der Waals surface area (Å²) in [4.78, 5) is 59.1. The quantitative estimate of drug-likeness (QED) is 0.151. The molecule has 8 atom stereocenters. The summed E-state index contributed by atoms with van der Waals surface area (Å²) in [5, 5.41) is 13.8. The number of carbonyl (C=O) groups is 4. The molecule has 3 saturated heterocycles. The number of allylic oxidation sites excluding steroid dienone is 1. The van der Waals surface area contributed by atoms with Crippen molar-refractivity contribution in [2.75, 3.05) is 19.8 Å². The molecule has 0 saturated carbocycles. The monoisotopic (exact) mass is 735 g/mol. The van der Waals surface area contributed by atoms with E-state index < -0.39 is 59.5 Å². The zero-order valence-electron chi connectivity index (χ0n) is 28.1. The molecule has 3 heterocycles. The molecule has 2 aromatic carbocycles. The highest BCUT2D eigenvalue weighted by atomic mass is 79.9. The average molecular weight is 737 g/mol. The fourth-order valence-electron chi connectivity index (χ4n) is 7.67. The van der Waals surface area contributed by atoms with E-state index in [1.165, 1.54) is 4.90 Å². The molecule has 3 aliphatic heterocycles. The van der Waals surface area contributed by atoms with Gasteiger partial charge >= 0.3 is 5.97 Å². The third-order valence-electron chi connectivity index (χ3n) is 9.90. The van der Waals surface area contributed by atoms with Gasteiger partial charge in [-0.3, -0.25) is 19.2 Å². The van der Waals surface area contributed by atoms with Gasteiger partial charge < -0.3 is 29.7 Å². The molecule has 3 amide bonds. The summed E-state index contributed by atoms with van der Waals surface area (Å²) >= 11 is 3.74. The van der Waals surface area contributed by atoms with Gasteiger partial charge in [-0.2, -0.15) is 0 Å². The van der Waals surface area contributed by atoms with Crippen LogP contribution in [-0.4, -0.2) is 93.0 Å². The van der Waals surface area contributed by atoms with Gasteiger partial charge in [-0.1, -0.05) is 88.7 Å². The maximum atomic E-state index is 14.8. The smallest absolute Gasteiger partial charge is 0.306 e. The molecule has 1 unspecified atom stereocenters. The molecule has 0 aliphatic carbocycles. The maximum absolute atomic E-state index is 14.8. The van der Waals surface area contributed by atoms with Crippen molar-refractivity contribution in [1.29, 1.82) is 0 Å². The number of fused-ring (bicyclic) bond motifs is 1. The van der Waals surface area contributed by atoms with Crippen LogP contribution in [0.3, 0.4) is 0 Å². The summed E-state index contributed by atoms with van der Waals surface area (Å²) < 4.78 is 12.3. The van der Waals surface area contributed by atoms with Gasteiger partial charge in [-0.25, -0.2) is 0 Å². The van der Waals surface area contributed by atoms with E-state index in [1.54, 1.807) is 17.1 Å². The number of rotatable bonds is 16. The summed E-state index contributed by atoms with van der Waals surface area (Å²) in [5.41, 5.74) is 0.314. The van der Waals surface area contributed by atoms with Crippen molar-refractivity contribution in [2.45, 2.75) is 80.2 Å². The fraction of sp³-hybridized carbons (Fsp3) is 0.474. The molecule has 5 rings (SSSR count). The first kappa shape index (κ1) is 36.5. The lowest BCUT2D eigenvalue weighted by atomic mass is 9.70. The summed E-state index contributed by atoms with van der Waals surface area (Å²) in [7, 11) is 0. The lowest BCUT2D eigenvalue weighted by Gasteiger charge is -2.40. The summed E-state index contributed by atoms with van der Waals surface area (Å²) in [6.07, 6.45) is 3.87. The predicted octanol–water partition coefficient (Wildman–Crippen LogP) is 4.13. The number of ether oxygens (including phenoxy) is 2. The van der Waals surface area contributed by atoms with E-state index in [4.69, 9.17) is 9.47 Å². The van der Waals surface area contributed by atoms with Crippen molar-refractivity contribution >= 4 is 39.6 Å². The van der Waals surface area contributed by atoms with Crippen LogP contribution in [0.1, 0.15) is 50.3 Å². The van der Waals surface area contributed by atoms with Gasteiger partial charge in [0.25, 0.3) is 0 Å². The molecule has 49 heavy (non-hydrogen) atoms. The van der Waals surface area contributed by atoms with Gasteiger partial charge in [0.2, 0.25) is 17.7 Å². The van der Waals surface area contributed by atoms with Gasteiger partial charge in [0, 0.05) is 23.8 Å². The number of aliphatic hydroxyl groups excluding tert-OH is 1. The Morgan fingerprint density at radius 3 is 2.41 bits per heavy atom. The van der Waals surface area contributed by atoms with Crippen LogP contribution in [0.2, 0.25) is 0 Å². The van der Waals surface area contributed by atoms with E-state index >= 15 is 0 Å². The molecule has 2 N–H and O–H groups in total. The van der Waals surface area contributed by atoms with Crippen LogP contribution in [0.5, 0.6) is 0 Å². The van der Waals surface area contributed by atoms with Crippen LogP contribution in [0, 0.1) is 11.8 Å². The number of hydrogen-bond donors (Lipinski definition) is 2. The van der Waals surface area contributed by atoms with E-state index in [9.17, 15) is 24.3 Å². The van der Waals surface area contributed by atoms with E-state index in [1.807, 2.05) is 74.5 Å². The molecule has 3 aliphatic rings. The number of amides is 3. The van der Waals surface area contributed by atoms with Gasteiger partial charge in [-0.15, -0.1) is 13.2 Å². The van der Waals surface area contributed by atoms with Crippen LogP contribution >= 0.6 is 15.9 Å². The largest absolute Gasteiger partial charge is 0.463 e. The second kappa shape index (κ2) is 15.8. The van der Waals surface area contributed by atoms with Crippen LogP contribution < -0.4 is 5.32 Å². The Balaban J connectivity index is 1.51. The summed E-state index contributed by atoms with van der Waals surface area (Å²) in [6.45, 7) is 11.1. The number of hydrogen-bond acceptors (Lipinski definition) is 7. The number of aliphatic hydroxyl groups is 1. The third-order valence-corrected chi connectivity index (χ3v) is 10.7. The van der Waals surface area contributed by atoms with E-state index in [0.29, 0.717) is 19.3 Å². The first-order chi connectivity index (χ1) is 23.6. The minimum absolute atomic E-state index is 0.104. The minimum Gasteiger partial charge on any atom is -0.463 e. The van der Waals surface area contributed by atoms with Crippen molar-refractivity contribution < 1.29 is 33.8 Å². The normalized spacial score (nSPS) is 26.6. The van der Waals surface area contributed by atoms with E-state index in [-0.39, 0.29) is 43.0 Å². The first-order valence-electron chi connectivity index (χ1n) is 16.9. The summed E-state index contributed by atoms with van der Waals surface area (Å²) in [5.74, 6) is -3.49. The van der Waals surface area contributed by atoms with Crippen molar-refractivity contribution in [1.82, 2.24) is 15.1 Å². The molecule has 10 nitrogen and oxygen atoms in total. The van der Waals surface area contributed by atoms with Crippen LogP contribution in [0.4, 0.5) is 0 Å². The van der Waals surface area contributed by atoms with Gasteiger partial charge in [0.15, 0.2) is 0 Å². The minimum atomic E-state index is -1.31. The van der Waals surface area contributed by atoms with Crippen molar-refractivity contribution in [2.24, 2.45) is 11.8 Å². The first-order valence-corrected chi connectivity index (χ1v) is 17.8. The SMILES string of the molecule is C=CCCC(=O)OC[C@@H](NC(=O)[C@H]1[C@@H]2O[C@@]3(CC2Br)[C@@H]1C(=O)N([C@@H](CO)Cc1ccccc1)[C@@H]3C(=O)N(CC=C)C(C)C)c1ccccc1. The van der Waals surface area contributed by atoms with Crippen molar-refractivity contribution in [3.8, 4) is 0 Å². The second-order valence-electron chi connectivity index (χ2n) is 13.3. The average Bonchev–Trinajstić information content (AvgIpc) is 3.70. The third kappa shape index (κ3) is 7.25. The van der Waals surface area contributed by atoms with Crippen molar-refractivity contribution in [3.05, 3.63) is 97.1 Å². The van der Waals surface area contributed by atoms with Crippen LogP contribution in [-0.2, 0) is 35.1 Å². The molecule has 2 aromatic rings. The highest BCUT2D eigenvalue weighted by molar-refractivity contribution is 9.09. The molecule has 3 fully saturated rings. The molecule has 0 aromatic heterocycles. The molecular weight excluding hydrogens is 690 g/mol. The maximum Gasteiger partial charge on any atom is 0.306 e. The Morgan fingerprint density at radius 2 is 1.80 bits per heavy atom. The van der Waals surface area contributed by atoms with Crippen molar-refractivity contribution in [3.63, 3.8) is 0 Å². The number of alkyl halides is 1. The Morgan fingerprint density at radius 1 is 1.12 bits per heavy atom. The lowest BCUT2D eigenvalue weighted by molar-refractivity contribution is -0.152. The second-order valence-corrected chi connectivity index (χ2v) is 14.5. The number of halogens is 1. The van der Waals surface area contributed by atoms with Crippen LogP contribution in [0.25, 0.3) is 0 Å². The molecule has 1 spiro atoms. The van der Waals surface area contributed by atoms with E-state index in [0.717, 1.165) is 11.1 Å². The Hall–Kier alpha value is -3.80. The van der Waals surface area contributed by atoms with Gasteiger partial charge in [0.05, 0.1) is 36.6 Å². The Kier molecular flexibility index (Phi) is 11.8. The highest BCUT2D eigenvalue weighted by Gasteiger charge is 2.77. The topological polar surface area (TPSA) is 125 Å². The zero-order valence-corrected chi connectivity index (χ0v) is 29.7. The number of nitrogens with zero attached hydrogens (tertiary/aromatic N) is 2. The van der Waals surface area contributed by atoms with Gasteiger partial charge in [-0.05, 0) is 44.2 Å².